The quantitative estimate of drug-likeness (QED) is 0.382. The Morgan fingerprint density at radius 2 is 1.48 bits per heavy atom. The van der Waals surface area contributed by atoms with Crippen LogP contribution in [0.2, 0.25) is 0 Å². The van der Waals surface area contributed by atoms with Gasteiger partial charge < -0.3 is 9.47 Å². The summed E-state index contributed by atoms with van der Waals surface area (Å²) < 4.78 is 28.9. The number of halogens is 2. The van der Waals surface area contributed by atoms with Crippen molar-refractivity contribution in [3.8, 4) is 0 Å². The van der Waals surface area contributed by atoms with Crippen molar-refractivity contribution in [2.45, 2.75) is 19.6 Å². The summed E-state index contributed by atoms with van der Waals surface area (Å²) in [6.45, 7) is 1.29. The molecule has 0 saturated heterocycles. The van der Waals surface area contributed by atoms with Crippen LogP contribution in [0, 0.1) is 11.6 Å². The Kier molecular flexibility index (Phi) is 6.22. The van der Waals surface area contributed by atoms with E-state index in [-0.39, 0.29) is 17.5 Å². The molecule has 0 atom stereocenters. The van der Waals surface area contributed by atoms with Crippen molar-refractivity contribution in [2.75, 3.05) is 0 Å². The number of carbonyl (C=O) groups is 1. The van der Waals surface area contributed by atoms with E-state index in [0.717, 1.165) is 16.8 Å². The number of amides is 1. The number of hydrogen-bond acceptors (Lipinski definition) is 1. The molecule has 1 amide bonds. The minimum Gasteiger partial charge on any atom is -0.345 e. The Morgan fingerprint density at radius 1 is 0.742 bits per heavy atom. The van der Waals surface area contributed by atoms with Crippen LogP contribution < -0.4 is 0 Å². The highest BCUT2D eigenvalue weighted by Crippen LogP contribution is 2.17. The van der Waals surface area contributed by atoms with Crippen molar-refractivity contribution in [3.63, 3.8) is 0 Å². The number of rotatable bonds is 7. The van der Waals surface area contributed by atoms with E-state index in [4.69, 9.17) is 0 Å². The minimum atomic E-state index is -0.380. The molecular weight excluding hydrogens is 394 g/mol. The Hall–Kier alpha value is -3.73. The zero-order valence-corrected chi connectivity index (χ0v) is 16.9. The third-order valence-electron chi connectivity index (χ3n) is 5.11. The largest absolute Gasteiger partial charge is 0.345 e. The second-order valence-electron chi connectivity index (χ2n) is 7.41. The normalized spacial score (nSPS) is 10.8. The van der Waals surface area contributed by atoms with Gasteiger partial charge in [-0.3, -0.25) is 4.79 Å². The van der Waals surface area contributed by atoms with Crippen molar-refractivity contribution in [1.82, 2.24) is 9.47 Å². The van der Waals surface area contributed by atoms with Crippen molar-refractivity contribution in [3.05, 3.63) is 131 Å². The van der Waals surface area contributed by atoms with Gasteiger partial charge in [0.25, 0.3) is 5.91 Å². The molecule has 0 aliphatic carbocycles. The second kappa shape index (κ2) is 9.39. The van der Waals surface area contributed by atoms with Gasteiger partial charge in [0.15, 0.2) is 0 Å². The van der Waals surface area contributed by atoms with Crippen molar-refractivity contribution < 1.29 is 13.6 Å². The lowest BCUT2D eigenvalue weighted by atomic mass is 10.1. The summed E-state index contributed by atoms with van der Waals surface area (Å²) in [5.74, 6) is -0.833. The highest BCUT2D eigenvalue weighted by molar-refractivity contribution is 5.94. The summed E-state index contributed by atoms with van der Waals surface area (Å²) in [6.07, 6.45) is 1.92. The van der Waals surface area contributed by atoms with Gasteiger partial charge in [-0.1, -0.05) is 42.5 Å². The predicted octanol–water partition coefficient (Wildman–Crippen LogP) is 5.66. The number of nitrogens with zero attached hydrogens (tertiary/aromatic N) is 2. The molecule has 0 saturated carbocycles. The van der Waals surface area contributed by atoms with Crippen LogP contribution in [0.15, 0.2) is 97.2 Å². The average Bonchev–Trinajstić information content (AvgIpc) is 3.20. The zero-order valence-electron chi connectivity index (χ0n) is 16.9. The summed E-state index contributed by atoms with van der Waals surface area (Å²) in [7, 11) is 0. The van der Waals surface area contributed by atoms with E-state index < -0.39 is 0 Å². The highest BCUT2D eigenvalue weighted by atomic mass is 19.1. The molecule has 1 heterocycles. The van der Waals surface area contributed by atoms with Gasteiger partial charge >= 0.3 is 0 Å². The summed E-state index contributed by atoms with van der Waals surface area (Å²) >= 11 is 0. The highest BCUT2D eigenvalue weighted by Gasteiger charge is 2.18. The SMILES string of the molecule is O=C(c1ccc(F)cc1)N(Cc1ccccc1)Cc1cccn1Cc1cccc(F)c1. The summed E-state index contributed by atoms with van der Waals surface area (Å²) in [4.78, 5) is 15.0. The fourth-order valence-electron chi connectivity index (χ4n) is 3.55. The smallest absolute Gasteiger partial charge is 0.254 e. The van der Waals surface area contributed by atoms with Crippen LogP contribution in [0.25, 0.3) is 0 Å². The molecule has 0 spiro atoms. The summed E-state index contributed by atoms with van der Waals surface area (Å²) in [5, 5.41) is 0. The molecule has 4 aromatic rings. The Bertz CT molecular complexity index is 1150. The molecule has 3 nitrogen and oxygen atoms in total. The van der Waals surface area contributed by atoms with Crippen LogP contribution in [-0.4, -0.2) is 15.4 Å². The number of carbonyl (C=O) groups excluding carboxylic acids is 1. The molecule has 0 unspecified atom stereocenters. The van der Waals surface area contributed by atoms with Crippen LogP contribution >= 0.6 is 0 Å². The lowest BCUT2D eigenvalue weighted by Gasteiger charge is -2.24. The molecule has 1 aromatic heterocycles. The van der Waals surface area contributed by atoms with Gasteiger partial charge in [-0.05, 0) is 59.7 Å². The van der Waals surface area contributed by atoms with E-state index in [0.29, 0.717) is 25.2 Å². The zero-order chi connectivity index (χ0) is 21.6. The maximum atomic E-state index is 13.6. The van der Waals surface area contributed by atoms with Gasteiger partial charge in [0.1, 0.15) is 11.6 Å². The van der Waals surface area contributed by atoms with Gasteiger partial charge in [-0.2, -0.15) is 0 Å². The van der Waals surface area contributed by atoms with Gasteiger partial charge in [0.05, 0.1) is 6.54 Å². The maximum Gasteiger partial charge on any atom is 0.254 e. The van der Waals surface area contributed by atoms with E-state index >= 15 is 0 Å². The molecule has 156 valence electrons. The average molecular weight is 416 g/mol. The maximum absolute atomic E-state index is 13.6. The standard InChI is InChI=1S/C26H22F2N2O/c27-23-13-11-22(12-14-23)26(31)30(17-20-6-2-1-3-7-20)19-25-10-5-15-29(25)18-21-8-4-9-24(28)16-21/h1-16H,17-19H2. The monoisotopic (exact) mass is 416 g/mol. The molecule has 0 radical (unpaired) electrons. The summed E-state index contributed by atoms with van der Waals surface area (Å²) in [6, 6.07) is 25.7. The van der Waals surface area contributed by atoms with Crippen LogP contribution in [0.5, 0.6) is 0 Å². The third kappa shape index (κ3) is 5.25. The molecule has 0 aliphatic rings. The van der Waals surface area contributed by atoms with E-state index in [1.165, 1.54) is 36.4 Å². The molecular formula is C26H22F2N2O. The van der Waals surface area contributed by atoms with Crippen LogP contribution in [0.1, 0.15) is 27.2 Å². The van der Waals surface area contributed by atoms with E-state index in [1.807, 2.05) is 59.3 Å². The fourth-order valence-corrected chi connectivity index (χ4v) is 3.55. The van der Waals surface area contributed by atoms with Crippen molar-refractivity contribution in [1.29, 1.82) is 0 Å². The summed E-state index contributed by atoms with van der Waals surface area (Å²) in [5.41, 5.74) is 3.20. The van der Waals surface area contributed by atoms with Gasteiger partial charge in [-0.15, -0.1) is 0 Å². The van der Waals surface area contributed by atoms with Gasteiger partial charge in [-0.25, -0.2) is 8.78 Å². The van der Waals surface area contributed by atoms with E-state index in [2.05, 4.69) is 0 Å². The Balaban J connectivity index is 1.60. The minimum absolute atomic E-state index is 0.178. The van der Waals surface area contributed by atoms with Crippen molar-refractivity contribution in [2.24, 2.45) is 0 Å². The molecule has 0 aliphatic heterocycles. The fraction of sp³-hybridized carbons (Fsp3) is 0.115. The first-order valence-corrected chi connectivity index (χ1v) is 10.1. The lowest BCUT2D eigenvalue weighted by Crippen LogP contribution is -2.31. The molecule has 4 rings (SSSR count). The second-order valence-corrected chi connectivity index (χ2v) is 7.41. The van der Waals surface area contributed by atoms with Crippen molar-refractivity contribution >= 4 is 5.91 Å². The number of benzene rings is 3. The Labute approximate surface area is 180 Å². The Morgan fingerprint density at radius 3 is 2.23 bits per heavy atom. The van der Waals surface area contributed by atoms with Crippen LogP contribution in [0.3, 0.4) is 0 Å². The molecule has 3 aromatic carbocycles. The van der Waals surface area contributed by atoms with E-state index in [1.54, 1.807) is 11.0 Å². The first kappa shape index (κ1) is 20.5. The number of aromatic nitrogens is 1. The van der Waals surface area contributed by atoms with Crippen LogP contribution in [-0.2, 0) is 19.6 Å². The predicted molar refractivity (Wildman–Crippen MR) is 116 cm³/mol. The molecule has 0 bridgehead atoms. The van der Waals surface area contributed by atoms with E-state index in [9.17, 15) is 13.6 Å². The van der Waals surface area contributed by atoms with Gasteiger partial charge in [0, 0.05) is 30.5 Å². The molecule has 0 fully saturated rings. The third-order valence-corrected chi connectivity index (χ3v) is 5.11. The van der Waals surface area contributed by atoms with Gasteiger partial charge in [0.2, 0.25) is 0 Å². The van der Waals surface area contributed by atoms with Crippen LogP contribution in [0.4, 0.5) is 8.78 Å². The molecule has 31 heavy (non-hydrogen) atoms. The molecule has 0 N–H and O–H groups in total. The number of hydrogen-bond donors (Lipinski definition) is 0. The topological polar surface area (TPSA) is 25.2 Å². The molecule has 5 heteroatoms. The first-order chi connectivity index (χ1) is 15.1. The lowest BCUT2D eigenvalue weighted by molar-refractivity contribution is 0.0726. The first-order valence-electron chi connectivity index (χ1n) is 10.1.